The third-order valence-corrected chi connectivity index (χ3v) is 3.21. The Bertz CT molecular complexity index is 175. The fraction of sp³-hybridized carbons (Fsp3) is 1.00. The monoisotopic (exact) mass is 214 g/mol. The predicted octanol–water partition coefficient (Wildman–Crippen LogP) is 1.48. The molecule has 3 atom stereocenters. The van der Waals surface area contributed by atoms with E-state index in [9.17, 15) is 0 Å². The molecular weight excluding hydrogens is 188 g/mol. The lowest BCUT2D eigenvalue weighted by molar-refractivity contribution is 0.0810. The number of likely N-dealkylation sites (N-methyl/N-ethyl adjacent to an activating group) is 1. The Morgan fingerprint density at radius 3 is 2.80 bits per heavy atom. The molecule has 3 nitrogen and oxygen atoms in total. The molecule has 0 spiro atoms. The summed E-state index contributed by atoms with van der Waals surface area (Å²) in [6.45, 7) is 9.79. The van der Waals surface area contributed by atoms with E-state index in [4.69, 9.17) is 4.74 Å². The van der Waals surface area contributed by atoms with E-state index < -0.39 is 0 Å². The van der Waals surface area contributed by atoms with E-state index in [1.54, 1.807) is 0 Å². The van der Waals surface area contributed by atoms with Gasteiger partial charge in [-0.2, -0.15) is 0 Å². The van der Waals surface area contributed by atoms with Crippen molar-refractivity contribution in [2.45, 2.75) is 51.8 Å². The summed E-state index contributed by atoms with van der Waals surface area (Å²) < 4.78 is 5.59. The molecule has 15 heavy (non-hydrogen) atoms. The standard InChI is InChI=1S/C12H26N2O/c1-5-7-13-10(2)9-14(4)12-6-8-15-11(12)3/h10-13H,5-9H2,1-4H3. The third-order valence-electron chi connectivity index (χ3n) is 3.21. The molecule has 0 bridgehead atoms. The fourth-order valence-electron chi connectivity index (χ4n) is 2.32. The maximum absolute atomic E-state index is 5.59. The summed E-state index contributed by atoms with van der Waals surface area (Å²) in [5.41, 5.74) is 0. The quantitative estimate of drug-likeness (QED) is 0.725. The molecule has 0 aromatic carbocycles. The van der Waals surface area contributed by atoms with E-state index >= 15 is 0 Å². The van der Waals surface area contributed by atoms with Crippen LogP contribution in [-0.2, 0) is 4.74 Å². The van der Waals surface area contributed by atoms with Crippen LogP contribution in [0.2, 0.25) is 0 Å². The van der Waals surface area contributed by atoms with Gasteiger partial charge in [-0.3, -0.25) is 4.90 Å². The highest BCUT2D eigenvalue weighted by atomic mass is 16.5. The normalized spacial score (nSPS) is 28.6. The fourth-order valence-corrected chi connectivity index (χ4v) is 2.32. The molecular formula is C12H26N2O. The van der Waals surface area contributed by atoms with Gasteiger partial charge in [-0.05, 0) is 40.3 Å². The first-order valence-corrected chi connectivity index (χ1v) is 6.20. The van der Waals surface area contributed by atoms with Crippen molar-refractivity contribution >= 4 is 0 Å². The van der Waals surface area contributed by atoms with Crippen molar-refractivity contribution in [1.29, 1.82) is 0 Å². The van der Waals surface area contributed by atoms with Crippen LogP contribution in [0, 0.1) is 0 Å². The lowest BCUT2D eigenvalue weighted by atomic mass is 10.1. The molecule has 0 aromatic heterocycles. The Morgan fingerprint density at radius 2 is 2.27 bits per heavy atom. The van der Waals surface area contributed by atoms with Crippen LogP contribution in [0.4, 0.5) is 0 Å². The minimum Gasteiger partial charge on any atom is -0.377 e. The first-order chi connectivity index (χ1) is 7.15. The maximum Gasteiger partial charge on any atom is 0.0702 e. The van der Waals surface area contributed by atoms with Gasteiger partial charge < -0.3 is 10.1 Å². The first kappa shape index (κ1) is 12.9. The molecule has 0 aromatic rings. The van der Waals surface area contributed by atoms with E-state index in [0.717, 1.165) is 19.7 Å². The van der Waals surface area contributed by atoms with Crippen LogP contribution in [0.15, 0.2) is 0 Å². The second-order valence-corrected chi connectivity index (χ2v) is 4.73. The highest BCUT2D eigenvalue weighted by Gasteiger charge is 2.28. The molecule has 1 aliphatic rings. The average Bonchev–Trinajstić information content (AvgIpc) is 2.61. The summed E-state index contributed by atoms with van der Waals surface area (Å²) in [7, 11) is 2.21. The number of rotatable bonds is 6. The molecule has 0 amide bonds. The number of nitrogens with zero attached hydrogens (tertiary/aromatic N) is 1. The topological polar surface area (TPSA) is 24.5 Å². The molecule has 0 saturated carbocycles. The summed E-state index contributed by atoms with van der Waals surface area (Å²) in [5, 5.41) is 3.52. The molecule has 3 heteroatoms. The molecule has 1 aliphatic heterocycles. The van der Waals surface area contributed by atoms with Crippen molar-refractivity contribution < 1.29 is 4.74 Å². The van der Waals surface area contributed by atoms with Gasteiger partial charge in [0.25, 0.3) is 0 Å². The Hall–Kier alpha value is -0.120. The minimum atomic E-state index is 0.397. The van der Waals surface area contributed by atoms with Crippen molar-refractivity contribution in [2.75, 3.05) is 26.7 Å². The minimum absolute atomic E-state index is 0.397. The van der Waals surface area contributed by atoms with Gasteiger partial charge in [0.15, 0.2) is 0 Å². The second-order valence-electron chi connectivity index (χ2n) is 4.73. The zero-order chi connectivity index (χ0) is 11.3. The van der Waals surface area contributed by atoms with Crippen molar-refractivity contribution in [3.63, 3.8) is 0 Å². The molecule has 1 saturated heterocycles. The summed E-state index contributed by atoms with van der Waals surface area (Å²) in [6, 6.07) is 1.18. The highest BCUT2D eigenvalue weighted by Crippen LogP contribution is 2.18. The summed E-state index contributed by atoms with van der Waals surface area (Å²) in [5.74, 6) is 0. The van der Waals surface area contributed by atoms with Crippen molar-refractivity contribution in [2.24, 2.45) is 0 Å². The Morgan fingerprint density at radius 1 is 1.53 bits per heavy atom. The Balaban J connectivity index is 2.24. The molecule has 1 heterocycles. The van der Waals surface area contributed by atoms with Crippen molar-refractivity contribution in [3.8, 4) is 0 Å². The van der Waals surface area contributed by atoms with Crippen LogP contribution in [0.25, 0.3) is 0 Å². The van der Waals surface area contributed by atoms with Gasteiger partial charge in [0, 0.05) is 25.2 Å². The molecule has 0 radical (unpaired) electrons. The largest absolute Gasteiger partial charge is 0.377 e. The number of nitrogens with one attached hydrogen (secondary N) is 1. The van der Waals surface area contributed by atoms with Crippen molar-refractivity contribution in [3.05, 3.63) is 0 Å². The number of hydrogen-bond donors (Lipinski definition) is 1. The van der Waals surface area contributed by atoms with E-state index in [-0.39, 0.29) is 0 Å². The lowest BCUT2D eigenvalue weighted by Gasteiger charge is -2.29. The highest BCUT2D eigenvalue weighted by molar-refractivity contribution is 4.82. The second kappa shape index (κ2) is 6.46. The van der Waals surface area contributed by atoms with Gasteiger partial charge in [0.1, 0.15) is 0 Å². The molecule has 0 aliphatic carbocycles. The van der Waals surface area contributed by atoms with E-state index in [2.05, 4.69) is 38.0 Å². The zero-order valence-electron chi connectivity index (χ0n) is 10.6. The van der Waals surface area contributed by atoms with Gasteiger partial charge in [-0.15, -0.1) is 0 Å². The Labute approximate surface area is 94.2 Å². The molecule has 3 unspecified atom stereocenters. The Kier molecular flexibility index (Phi) is 5.58. The zero-order valence-corrected chi connectivity index (χ0v) is 10.6. The van der Waals surface area contributed by atoms with E-state index in [1.165, 1.54) is 12.8 Å². The van der Waals surface area contributed by atoms with Crippen LogP contribution < -0.4 is 5.32 Å². The van der Waals surface area contributed by atoms with E-state index in [1.807, 2.05) is 0 Å². The van der Waals surface area contributed by atoms with Crippen molar-refractivity contribution in [1.82, 2.24) is 10.2 Å². The van der Waals surface area contributed by atoms with Gasteiger partial charge in [0.05, 0.1) is 6.10 Å². The van der Waals surface area contributed by atoms with Crippen LogP contribution in [0.1, 0.15) is 33.6 Å². The van der Waals surface area contributed by atoms with Gasteiger partial charge >= 0.3 is 0 Å². The summed E-state index contributed by atoms with van der Waals surface area (Å²) >= 11 is 0. The average molecular weight is 214 g/mol. The maximum atomic E-state index is 5.59. The van der Waals surface area contributed by atoms with Crippen LogP contribution in [0.3, 0.4) is 0 Å². The van der Waals surface area contributed by atoms with Gasteiger partial charge in [0.2, 0.25) is 0 Å². The van der Waals surface area contributed by atoms with Crippen LogP contribution in [0.5, 0.6) is 0 Å². The molecule has 1 rings (SSSR count). The first-order valence-electron chi connectivity index (χ1n) is 6.20. The van der Waals surface area contributed by atoms with Crippen LogP contribution in [-0.4, -0.2) is 49.8 Å². The van der Waals surface area contributed by atoms with Gasteiger partial charge in [-0.1, -0.05) is 6.92 Å². The van der Waals surface area contributed by atoms with Gasteiger partial charge in [-0.25, -0.2) is 0 Å². The predicted molar refractivity (Wildman–Crippen MR) is 64.2 cm³/mol. The van der Waals surface area contributed by atoms with Crippen LogP contribution >= 0.6 is 0 Å². The number of hydrogen-bond acceptors (Lipinski definition) is 3. The summed E-state index contributed by atoms with van der Waals surface area (Å²) in [6.07, 6.45) is 2.78. The third kappa shape index (κ3) is 4.09. The lowest BCUT2D eigenvalue weighted by Crippen LogP contribution is -2.44. The summed E-state index contributed by atoms with van der Waals surface area (Å²) in [4.78, 5) is 2.44. The molecule has 1 N–H and O–H groups in total. The smallest absolute Gasteiger partial charge is 0.0702 e. The molecule has 90 valence electrons. The number of ether oxygens (including phenoxy) is 1. The molecule has 1 fully saturated rings. The SMILES string of the molecule is CCCNC(C)CN(C)C1CCOC1C. The van der Waals surface area contributed by atoms with E-state index in [0.29, 0.717) is 18.2 Å².